The van der Waals surface area contributed by atoms with E-state index in [1.807, 2.05) is 28.9 Å². The molecule has 1 fully saturated rings. The predicted molar refractivity (Wildman–Crippen MR) is 151 cm³/mol. The minimum Gasteiger partial charge on any atom is -0.388 e. The second-order valence-corrected chi connectivity index (χ2v) is 10.8. The van der Waals surface area contributed by atoms with Gasteiger partial charge in [-0.1, -0.05) is 0 Å². The highest BCUT2D eigenvalue weighted by atomic mass is 19.1. The number of carbonyl (C=O) groups excluding carboxylic acids is 1. The van der Waals surface area contributed by atoms with E-state index in [0.29, 0.717) is 49.1 Å². The number of nitrogens with zero attached hydrogens (tertiary/aromatic N) is 9. The van der Waals surface area contributed by atoms with Gasteiger partial charge in [-0.2, -0.15) is 10.2 Å². The summed E-state index contributed by atoms with van der Waals surface area (Å²) in [5.74, 6) is 0.315. The van der Waals surface area contributed by atoms with Crippen molar-refractivity contribution < 1.29 is 14.3 Å². The Bertz CT molecular complexity index is 1820. The van der Waals surface area contributed by atoms with E-state index in [9.17, 15) is 19.1 Å². The Hall–Kier alpha value is -4.91. The molecular weight excluding hydrogens is 541 g/mol. The van der Waals surface area contributed by atoms with Gasteiger partial charge in [0.2, 0.25) is 0 Å². The van der Waals surface area contributed by atoms with Gasteiger partial charge in [0.15, 0.2) is 5.65 Å². The van der Waals surface area contributed by atoms with Gasteiger partial charge in [0.05, 0.1) is 37.1 Å². The Morgan fingerprint density at radius 3 is 2.43 bits per heavy atom. The highest BCUT2D eigenvalue weighted by Crippen LogP contribution is 2.26. The number of aromatic nitrogens is 7. The molecule has 13 heteroatoms. The van der Waals surface area contributed by atoms with Gasteiger partial charge in [-0.05, 0) is 61.4 Å². The summed E-state index contributed by atoms with van der Waals surface area (Å²) in [5.41, 5.74) is 1.19. The zero-order valence-corrected chi connectivity index (χ0v) is 22.7. The molecule has 0 atom stereocenters. The van der Waals surface area contributed by atoms with Crippen LogP contribution in [0.2, 0.25) is 0 Å². The van der Waals surface area contributed by atoms with Gasteiger partial charge in [-0.15, -0.1) is 0 Å². The molecular formula is C29H28FN9O3. The number of benzene rings is 2. The van der Waals surface area contributed by atoms with Crippen molar-refractivity contribution >= 4 is 22.6 Å². The summed E-state index contributed by atoms with van der Waals surface area (Å²) in [6, 6.07) is 13.3. The summed E-state index contributed by atoms with van der Waals surface area (Å²) >= 11 is 0. The molecule has 0 unspecified atom stereocenters. The molecule has 2 aliphatic rings. The maximum Gasteiger partial charge on any atom is 0.264 e. The van der Waals surface area contributed by atoms with Crippen molar-refractivity contribution in [3.05, 3.63) is 94.9 Å². The maximum atomic E-state index is 13.4. The molecule has 3 aromatic heterocycles. The Kier molecular flexibility index (Phi) is 6.30. The van der Waals surface area contributed by atoms with Crippen molar-refractivity contribution in [2.75, 3.05) is 24.5 Å². The summed E-state index contributed by atoms with van der Waals surface area (Å²) in [5, 5.41) is 20.3. The molecule has 214 valence electrons. The number of hydrogen-bond acceptors (Lipinski definition) is 8. The van der Waals surface area contributed by atoms with E-state index in [2.05, 4.69) is 25.1 Å². The molecule has 1 amide bonds. The van der Waals surface area contributed by atoms with E-state index in [1.54, 1.807) is 15.9 Å². The SMILES string of the molecule is O=C(c1ccc(F)cc1)N1CCC(O)(Cn2cnc3c(cnn3-c3ccc(N4CCn5ncnc5C4)cc3)c2=O)CC1. The molecule has 0 aliphatic carbocycles. The minimum atomic E-state index is -1.17. The molecule has 0 radical (unpaired) electrons. The van der Waals surface area contributed by atoms with Crippen LogP contribution < -0.4 is 10.5 Å². The number of anilines is 1. The van der Waals surface area contributed by atoms with Crippen LogP contribution in [0.3, 0.4) is 0 Å². The first-order valence-electron chi connectivity index (χ1n) is 13.8. The number of carbonyl (C=O) groups is 1. The van der Waals surface area contributed by atoms with Crippen molar-refractivity contribution in [2.24, 2.45) is 0 Å². The fraction of sp³-hybridized carbons (Fsp3) is 0.310. The highest BCUT2D eigenvalue weighted by molar-refractivity contribution is 5.94. The smallest absolute Gasteiger partial charge is 0.264 e. The van der Waals surface area contributed by atoms with Crippen LogP contribution in [0.5, 0.6) is 0 Å². The number of amides is 1. The maximum absolute atomic E-state index is 13.4. The summed E-state index contributed by atoms with van der Waals surface area (Å²) in [7, 11) is 0. The third kappa shape index (κ3) is 4.71. The van der Waals surface area contributed by atoms with Crippen molar-refractivity contribution in [3.8, 4) is 5.69 Å². The van der Waals surface area contributed by atoms with Crippen LogP contribution in [-0.2, 0) is 19.6 Å². The van der Waals surface area contributed by atoms with Crippen molar-refractivity contribution in [2.45, 2.75) is 38.1 Å². The molecule has 0 bridgehead atoms. The number of fused-ring (bicyclic) bond motifs is 2. The lowest BCUT2D eigenvalue weighted by Gasteiger charge is -2.38. The van der Waals surface area contributed by atoms with Crippen LogP contribution in [0.25, 0.3) is 16.7 Å². The fourth-order valence-electron chi connectivity index (χ4n) is 5.71. The number of aliphatic hydroxyl groups is 1. The monoisotopic (exact) mass is 569 g/mol. The van der Waals surface area contributed by atoms with Gasteiger partial charge in [-0.25, -0.2) is 23.7 Å². The first kappa shape index (κ1) is 26.0. The van der Waals surface area contributed by atoms with E-state index < -0.39 is 11.4 Å². The van der Waals surface area contributed by atoms with Gasteiger partial charge in [0.1, 0.15) is 29.7 Å². The molecule has 1 saturated heterocycles. The van der Waals surface area contributed by atoms with Crippen LogP contribution in [0.4, 0.5) is 10.1 Å². The third-order valence-electron chi connectivity index (χ3n) is 8.16. The van der Waals surface area contributed by atoms with Gasteiger partial charge in [0, 0.05) is 30.9 Å². The molecule has 2 aromatic carbocycles. The van der Waals surface area contributed by atoms with E-state index >= 15 is 0 Å². The zero-order chi connectivity index (χ0) is 28.8. The molecule has 0 saturated carbocycles. The van der Waals surface area contributed by atoms with Crippen LogP contribution in [0.1, 0.15) is 29.0 Å². The van der Waals surface area contributed by atoms with Gasteiger partial charge in [-0.3, -0.25) is 14.2 Å². The van der Waals surface area contributed by atoms with Crippen molar-refractivity contribution in [3.63, 3.8) is 0 Å². The van der Waals surface area contributed by atoms with Gasteiger partial charge >= 0.3 is 0 Å². The lowest BCUT2D eigenvalue weighted by atomic mass is 9.91. The van der Waals surface area contributed by atoms with Crippen LogP contribution in [0, 0.1) is 5.82 Å². The average molecular weight is 570 g/mol. The minimum absolute atomic E-state index is 0.0524. The third-order valence-corrected chi connectivity index (χ3v) is 8.16. The number of likely N-dealkylation sites (tertiary alicyclic amines) is 1. The number of halogens is 1. The van der Waals surface area contributed by atoms with Gasteiger partial charge < -0.3 is 14.9 Å². The Balaban J connectivity index is 1.04. The van der Waals surface area contributed by atoms with Crippen molar-refractivity contribution in [1.29, 1.82) is 0 Å². The fourth-order valence-corrected chi connectivity index (χ4v) is 5.71. The van der Waals surface area contributed by atoms with E-state index in [1.165, 1.54) is 41.4 Å². The molecule has 42 heavy (non-hydrogen) atoms. The Labute approximate surface area is 239 Å². The zero-order valence-electron chi connectivity index (χ0n) is 22.7. The lowest BCUT2D eigenvalue weighted by Crippen LogP contribution is -2.49. The second kappa shape index (κ2) is 10.2. The highest BCUT2D eigenvalue weighted by Gasteiger charge is 2.35. The quantitative estimate of drug-likeness (QED) is 0.341. The molecule has 1 N–H and O–H groups in total. The Morgan fingerprint density at radius 2 is 1.67 bits per heavy atom. The molecule has 5 heterocycles. The summed E-state index contributed by atoms with van der Waals surface area (Å²) in [6.45, 7) is 2.98. The summed E-state index contributed by atoms with van der Waals surface area (Å²) < 4.78 is 18.2. The summed E-state index contributed by atoms with van der Waals surface area (Å²) in [6.07, 6.45) is 5.11. The van der Waals surface area contributed by atoms with E-state index in [-0.39, 0.29) is 18.0 Å². The second-order valence-electron chi connectivity index (χ2n) is 10.8. The molecule has 5 aromatic rings. The van der Waals surface area contributed by atoms with Gasteiger partial charge in [0.25, 0.3) is 11.5 Å². The first-order chi connectivity index (χ1) is 20.4. The van der Waals surface area contributed by atoms with Crippen LogP contribution in [-0.4, -0.2) is 75.2 Å². The van der Waals surface area contributed by atoms with Crippen LogP contribution >= 0.6 is 0 Å². The number of hydrogen-bond donors (Lipinski definition) is 1. The van der Waals surface area contributed by atoms with E-state index in [4.69, 9.17) is 0 Å². The largest absolute Gasteiger partial charge is 0.388 e. The average Bonchev–Trinajstić information content (AvgIpc) is 3.66. The molecule has 2 aliphatic heterocycles. The predicted octanol–water partition coefficient (Wildman–Crippen LogP) is 2.00. The number of piperidine rings is 1. The summed E-state index contributed by atoms with van der Waals surface area (Å²) in [4.78, 5) is 38.8. The standard InChI is InChI=1S/C29H28FN9O3/c30-21-3-1-20(2-4-21)27(40)35-11-9-29(42,10-12-35)17-37-19-32-26-24(28(37)41)15-33-39(26)23-7-5-22(6-8-23)36-13-14-38-25(16-36)31-18-34-38/h1-8,15,18-19,42H,9-14,16-17H2. The van der Waals surface area contributed by atoms with Crippen LogP contribution in [0.15, 0.2) is 72.2 Å². The Morgan fingerprint density at radius 1 is 0.929 bits per heavy atom. The normalized spacial score (nSPS) is 16.5. The topological polar surface area (TPSA) is 127 Å². The lowest BCUT2D eigenvalue weighted by molar-refractivity contribution is -0.0299. The first-order valence-corrected chi connectivity index (χ1v) is 13.8. The molecule has 0 spiro atoms. The van der Waals surface area contributed by atoms with E-state index in [0.717, 1.165) is 30.3 Å². The molecule has 7 rings (SSSR count). The molecule has 12 nitrogen and oxygen atoms in total. The number of rotatable bonds is 5. The van der Waals surface area contributed by atoms with Crippen molar-refractivity contribution in [1.82, 2.24) is 39.0 Å².